The molecular formula is C9H9BrN2O3S. The van der Waals surface area contributed by atoms with Crippen molar-refractivity contribution in [2.45, 2.75) is 0 Å². The molecule has 0 unspecified atom stereocenters. The summed E-state index contributed by atoms with van der Waals surface area (Å²) in [4.78, 5) is 0. The maximum absolute atomic E-state index is 11.4. The Hall–Kier alpha value is -1.10. The lowest BCUT2D eigenvalue weighted by atomic mass is 10.2. The van der Waals surface area contributed by atoms with Crippen LogP contribution in [0.3, 0.4) is 0 Å². The summed E-state index contributed by atoms with van der Waals surface area (Å²) >= 11 is 3.18. The van der Waals surface area contributed by atoms with Crippen LogP contribution in [-0.4, -0.2) is 25.9 Å². The molecule has 7 heteroatoms. The van der Waals surface area contributed by atoms with Gasteiger partial charge in [0.15, 0.2) is 0 Å². The minimum atomic E-state index is -3.61. The van der Waals surface area contributed by atoms with E-state index in [1.54, 1.807) is 6.07 Å². The van der Waals surface area contributed by atoms with E-state index in [0.29, 0.717) is 4.47 Å². The second-order valence-corrected chi connectivity index (χ2v) is 5.70. The number of aliphatic hydroxyl groups excluding tert-OH is 1. The Morgan fingerprint density at radius 2 is 2.19 bits per heavy atom. The number of nitrogens with zero attached hydrogens (tertiary/aromatic N) is 1. The molecule has 0 heterocycles. The van der Waals surface area contributed by atoms with Gasteiger partial charge in [-0.3, -0.25) is 4.72 Å². The van der Waals surface area contributed by atoms with Crippen molar-refractivity contribution in [1.82, 2.24) is 0 Å². The number of aliphatic hydroxyl groups is 1. The molecule has 0 amide bonds. The van der Waals surface area contributed by atoms with Gasteiger partial charge in [0, 0.05) is 4.47 Å². The molecule has 0 aliphatic rings. The average molecular weight is 305 g/mol. The SMILES string of the molecule is N#Cc1ccc(Br)cc1NS(=O)(=O)CCO. The van der Waals surface area contributed by atoms with E-state index in [-0.39, 0.29) is 11.3 Å². The summed E-state index contributed by atoms with van der Waals surface area (Å²) in [6, 6.07) is 6.51. The number of sulfonamides is 1. The molecule has 0 saturated heterocycles. The van der Waals surface area contributed by atoms with Gasteiger partial charge in [0.1, 0.15) is 6.07 Å². The van der Waals surface area contributed by atoms with E-state index in [2.05, 4.69) is 20.7 Å². The fourth-order valence-electron chi connectivity index (χ4n) is 1.04. The zero-order valence-electron chi connectivity index (χ0n) is 8.14. The van der Waals surface area contributed by atoms with E-state index in [0.717, 1.165) is 0 Å². The fourth-order valence-corrected chi connectivity index (χ4v) is 2.24. The molecule has 1 aromatic carbocycles. The van der Waals surface area contributed by atoms with Crippen LogP contribution in [-0.2, 0) is 10.0 Å². The standard InChI is InChI=1S/C9H9BrN2O3S/c10-8-2-1-7(6-11)9(5-8)12-16(14,15)4-3-13/h1-2,5,12-13H,3-4H2. The minimum absolute atomic E-state index is 0.199. The topological polar surface area (TPSA) is 90.2 Å². The van der Waals surface area contributed by atoms with Crippen LogP contribution in [0.15, 0.2) is 22.7 Å². The molecule has 0 bridgehead atoms. The molecular weight excluding hydrogens is 296 g/mol. The molecule has 2 N–H and O–H groups in total. The van der Waals surface area contributed by atoms with Crippen molar-refractivity contribution in [2.24, 2.45) is 0 Å². The first kappa shape index (κ1) is 13.0. The highest BCUT2D eigenvalue weighted by atomic mass is 79.9. The Morgan fingerprint density at radius 1 is 1.50 bits per heavy atom. The second-order valence-electron chi connectivity index (χ2n) is 2.95. The van der Waals surface area contributed by atoms with E-state index in [9.17, 15) is 8.42 Å². The van der Waals surface area contributed by atoms with Crippen LogP contribution in [0.1, 0.15) is 5.56 Å². The number of halogens is 1. The van der Waals surface area contributed by atoms with Crippen molar-refractivity contribution in [2.75, 3.05) is 17.1 Å². The van der Waals surface area contributed by atoms with Crippen molar-refractivity contribution >= 4 is 31.6 Å². The Labute approximate surface area is 102 Å². The van der Waals surface area contributed by atoms with Crippen LogP contribution >= 0.6 is 15.9 Å². The van der Waals surface area contributed by atoms with Gasteiger partial charge in [-0.25, -0.2) is 8.42 Å². The van der Waals surface area contributed by atoms with Gasteiger partial charge in [-0.15, -0.1) is 0 Å². The van der Waals surface area contributed by atoms with Gasteiger partial charge in [-0.05, 0) is 18.2 Å². The third kappa shape index (κ3) is 3.48. The van der Waals surface area contributed by atoms with Crippen LogP contribution in [0.25, 0.3) is 0 Å². The van der Waals surface area contributed by atoms with Gasteiger partial charge in [0.05, 0.1) is 23.6 Å². The number of benzene rings is 1. The molecule has 1 aromatic rings. The van der Waals surface area contributed by atoms with Crippen LogP contribution in [0.5, 0.6) is 0 Å². The maximum atomic E-state index is 11.4. The molecule has 0 atom stereocenters. The van der Waals surface area contributed by atoms with Crippen molar-refractivity contribution in [1.29, 1.82) is 5.26 Å². The van der Waals surface area contributed by atoms with Gasteiger partial charge >= 0.3 is 0 Å². The lowest BCUT2D eigenvalue weighted by Gasteiger charge is -2.08. The van der Waals surface area contributed by atoms with Gasteiger partial charge in [-0.2, -0.15) is 5.26 Å². The summed E-state index contributed by atoms with van der Waals surface area (Å²) in [5, 5.41) is 17.4. The molecule has 0 aliphatic heterocycles. The Kier molecular flexibility index (Phi) is 4.29. The summed E-state index contributed by atoms with van der Waals surface area (Å²) in [7, 11) is -3.61. The maximum Gasteiger partial charge on any atom is 0.235 e. The molecule has 16 heavy (non-hydrogen) atoms. The average Bonchev–Trinajstić information content (AvgIpc) is 2.17. The molecule has 0 aromatic heterocycles. The Balaban J connectivity index is 3.06. The van der Waals surface area contributed by atoms with Crippen LogP contribution in [0.2, 0.25) is 0 Å². The van der Waals surface area contributed by atoms with Gasteiger partial charge in [-0.1, -0.05) is 15.9 Å². The molecule has 5 nitrogen and oxygen atoms in total. The summed E-state index contributed by atoms with van der Waals surface area (Å²) in [6.45, 7) is -0.467. The molecule has 86 valence electrons. The smallest absolute Gasteiger partial charge is 0.235 e. The molecule has 0 aliphatic carbocycles. The first-order valence-corrected chi connectivity index (χ1v) is 6.74. The first-order valence-electron chi connectivity index (χ1n) is 4.29. The van der Waals surface area contributed by atoms with Crippen LogP contribution < -0.4 is 4.72 Å². The lowest BCUT2D eigenvalue weighted by Crippen LogP contribution is -2.19. The Bertz CT molecular complexity index is 522. The predicted octanol–water partition coefficient (Wildman–Crippen LogP) is 1.05. The van der Waals surface area contributed by atoms with Crippen LogP contribution in [0, 0.1) is 11.3 Å². The largest absolute Gasteiger partial charge is 0.395 e. The quantitative estimate of drug-likeness (QED) is 0.870. The monoisotopic (exact) mass is 304 g/mol. The highest BCUT2D eigenvalue weighted by Gasteiger charge is 2.12. The number of hydrogen-bond donors (Lipinski definition) is 2. The van der Waals surface area contributed by atoms with E-state index in [1.165, 1.54) is 12.1 Å². The molecule has 0 spiro atoms. The van der Waals surface area contributed by atoms with Crippen molar-refractivity contribution in [3.05, 3.63) is 28.2 Å². The summed E-state index contributed by atoms with van der Waals surface area (Å²) in [5.41, 5.74) is 0.426. The van der Waals surface area contributed by atoms with Crippen molar-refractivity contribution in [3.63, 3.8) is 0 Å². The normalized spacial score (nSPS) is 10.8. The summed E-state index contributed by atoms with van der Waals surface area (Å²) in [5.74, 6) is -0.398. The van der Waals surface area contributed by atoms with Gasteiger partial charge in [0.2, 0.25) is 10.0 Å². The van der Waals surface area contributed by atoms with E-state index >= 15 is 0 Å². The van der Waals surface area contributed by atoms with Crippen molar-refractivity contribution in [3.8, 4) is 6.07 Å². The lowest BCUT2D eigenvalue weighted by molar-refractivity contribution is 0.320. The molecule has 0 fully saturated rings. The first-order chi connectivity index (χ1) is 7.48. The zero-order valence-corrected chi connectivity index (χ0v) is 10.5. The number of hydrogen-bond acceptors (Lipinski definition) is 4. The highest BCUT2D eigenvalue weighted by molar-refractivity contribution is 9.10. The van der Waals surface area contributed by atoms with E-state index in [4.69, 9.17) is 10.4 Å². The van der Waals surface area contributed by atoms with Crippen LogP contribution in [0.4, 0.5) is 5.69 Å². The van der Waals surface area contributed by atoms with Gasteiger partial charge in [0.25, 0.3) is 0 Å². The Morgan fingerprint density at radius 3 is 2.75 bits per heavy atom. The second kappa shape index (κ2) is 5.30. The minimum Gasteiger partial charge on any atom is -0.395 e. The van der Waals surface area contributed by atoms with E-state index in [1.807, 2.05) is 6.07 Å². The number of anilines is 1. The molecule has 0 saturated carbocycles. The van der Waals surface area contributed by atoms with Crippen molar-refractivity contribution < 1.29 is 13.5 Å². The highest BCUT2D eigenvalue weighted by Crippen LogP contribution is 2.21. The third-order valence-corrected chi connectivity index (χ3v) is 3.47. The number of nitriles is 1. The number of rotatable bonds is 4. The summed E-state index contributed by atoms with van der Waals surface area (Å²) < 4.78 is 25.7. The molecule has 1 rings (SSSR count). The predicted molar refractivity (Wildman–Crippen MR) is 63.4 cm³/mol. The fraction of sp³-hybridized carbons (Fsp3) is 0.222. The summed E-state index contributed by atoms with van der Waals surface area (Å²) in [6.07, 6.45) is 0. The van der Waals surface area contributed by atoms with Gasteiger partial charge < -0.3 is 5.11 Å². The van der Waals surface area contributed by atoms with E-state index < -0.39 is 22.4 Å². The third-order valence-electron chi connectivity index (χ3n) is 1.73. The molecule has 0 radical (unpaired) electrons. The number of nitrogens with one attached hydrogen (secondary N) is 1. The zero-order chi connectivity index (χ0) is 12.2.